The van der Waals surface area contributed by atoms with Crippen LogP contribution < -0.4 is 59.7 Å². The number of aromatic hydroxyl groups is 1. The molecular weight excluding hydrogens is 1590 g/mol. The first-order valence-corrected chi connectivity index (χ1v) is 38.5. The number of guanidine groups is 1. The average molecular weight is 1680 g/mol. The number of aliphatic imine (C=N–C) groups is 1. The highest BCUT2D eigenvalue weighted by Gasteiger charge is 2.37. The number of amides is 6. The Labute approximate surface area is 694 Å². The lowest BCUT2D eigenvalue weighted by atomic mass is 9.91. The van der Waals surface area contributed by atoms with Gasteiger partial charge in [0.15, 0.2) is 34.5 Å². The maximum Gasteiger partial charge on any atom is 0.373 e. The van der Waals surface area contributed by atoms with Crippen molar-refractivity contribution in [2.24, 2.45) is 33.4 Å². The van der Waals surface area contributed by atoms with Crippen molar-refractivity contribution in [2.45, 2.75) is 135 Å². The van der Waals surface area contributed by atoms with Gasteiger partial charge in [-0.15, -0.1) is 11.6 Å². The number of alkyl halides is 1. The topological polar surface area (TPSA) is 615 Å². The molecule has 0 aliphatic carbocycles. The van der Waals surface area contributed by atoms with Crippen LogP contribution in [0.1, 0.15) is 157 Å². The number of aromatic nitrogens is 6. The number of hydrazone groups is 1. The third-order valence-electron chi connectivity index (χ3n) is 19.3. The molecule has 0 saturated heterocycles. The molecule has 121 heavy (non-hydrogen) atoms. The van der Waals surface area contributed by atoms with E-state index < -0.39 is 77.6 Å². The number of nitrogens with one attached hydrogen (secondary N) is 9. The van der Waals surface area contributed by atoms with Crippen LogP contribution in [0.25, 0.3) is 43.7 Å². The average Bonchev–Trinajstić information content (AvgIpc) is 1.60. The zero-order valence-electron chi connectivity index (χ0n) is 66.3. The van der Waals surface area contributed by atoms with Crippen molar-refractivity contribution in [2.75, 3.05) is 48.5 Å². The second kappa shape index (κ2) is 45.9. The van der Waals surface area contributed by atoms with Crippen LogP contribution in [0.3, 0.4) is 0 Å². The van der Waals surface area contributed by atoms with Gasteiger partial charge in [-0.1, -0.05) is 43.3 Å². The molecule has 1 aliphatic heterocycles. The van der Waals surface area contributed by atoms with Crippen molar-refractivity contribution in [3.8, 4) is 5.75 Å². The van der Waals surface area contributed by atoms with E-state index in [2.05, 4.69) is 72.0 Å². The van der Waals surface area contributed by atoms with Gasteiger partial charge in [-0.2, -0.15) is 29.3 Å². The third kappa shape index (κ3) is 27.8. The highest BCUT2D eigenvalue weighted by molar-refractivity contribution is 6.19. The molecule has 5 atom stereocenters. The standard InChI is InChI=1S/C43H41ClN6O6.C37H50N12O10.2CO2/c1-24(7-13-40(54)45-2)48-49-41(55)14-10-30(51)17-25-8-11-33-27(15-25)19-35(46-33)39(53)18-26-9-12-34-28(16-26)20-36(47-34)43(56)50-23-29(22-44)42-32-6-4-3-5-31(32)38(52)21-37(42)50;1-3-20(35(58)59)14-27(51)25(16-29(53)54)47-33(56)22(6-4-13-42-36(38)39)15-26(50)19(2)45-28(52)7-5-12-41-32(55)21-8-10-23(11-9-21)43-17-24-18-44-31-30(46-24)34(57)49-37(40)48-31;2*2-1-3/h3-6,8-9,11-12,15-16,19-21,29,46-47,52H,7,10,13-14,17-18,22-23H2,1-2H3,(H,45,54)(H,49,55);8-11,18-20,22,25,43H,3-7,12-17H2,1-2H3,(H,41,55)(H,45,52)(H,47,56)(H,53,54)(H,58,59)(H4,38,39,42)(H3,40,44,48,49,57);;/b48-24+;;;/t;19-,20+,22+,25-;;/m.0../s1. The van der Waals surface area contributed by atoms with Crippen LogP contribution >= 0.6 is 11.6 Å². The molecule has 0 bridgehead atoms. The zero-order chi connectivity index (χ0) is 88.6. The van der Waals surface area contributed by atoms with Crippen molar-refractivity contribution < 1.29 is 92.0 Å². The number of phenols is 1. The number of carbonyl (C=O) groups excluding carboxylic acids is 14. The summed E-state index contributed by atoms with van der Waals surface area (Å²) in [7, 11) is 1.56. The minimum atomic E-state index is -1.53. The van der Waals surface area contributed by atoms with E-state index in [4.69, 9.17) is 48.0 Å². The smallest absolute Gasteiger partial charge is 0.373 e. The highest BCUT2D eigenvalue weighted by atomic mass is 35.5. The van der Waals surface area contributed by atoms with Crippen LogP contribution in [-0.2, 0) is 81.7 Å². The van der Waals surface area contributed by atoms with E-state index in [1.165, 1.54) is 13.1 Å². The van der Waals surface area contributed by atoms with Crippen molar-refractivity contribution in [1.29, 1.82) is 0 Å². The number of halogens is 1. The largest absolute Gasteiger partial charge is 0.507 e. The van der Waals surface area contributed by atoms with Crippen molar-refractivity contribution in [3.05, 3.63) is 159 Å². The molecule has 636 valence electrons. The summed E-state index contributed by atoms with van der Waals surface area (Å²) in [5.74, 6) is -8.58. The maximum atomic E-state index is 13.9. The second-order valence-electron chi connectivity index (χ2n) is 28.0. The van der Waals surface area contributed by atoms with Gasteiger partial charge in [0.1, 0.15) is 17.2 Å². The Bertz CT molecular complexity index is 5520. The van der Waals surface area contributed by atoms with E-state index in [0.29, 0.717) is 58.6 Å². The van der Waals surface area contributed by atoms with Gasteiger partial charge in [-0.25, -0.2) is 15.4 Å². The number of Topliss-reactive ketones (excluding diaryl/α,β-unsaturated/α-hetero) is 4. The number of hydrogen-bond acceptors (Lipinski definition) is 25. The fraction of sp³-hybridized carbons (Fsp3) is 0.341. The number of nitrogen functional groups attached to an aromatic ring is 1. The molecule has 10 rings (SSSR count). The predicted octanol–water partition coefficient (Wildman–Crippen LogP) is 5.24. The molecule has 6 amide bonds. The number of carbonyl (C=O) groups is 12. The minimum absolute atomic E-state index is 0.00669. The van der Waals surface area contributed by atoms with Gasteiger partial charge in [-0.05, 0) is 129 Å². The van der Waals surface area contributed by atoms with Crippen LogP contribution in [0.4, 0.5) is 17.3 Å². The monoisotopic (exact) mass is 1680 g/mol. The van der Waals surface area contributed by atoms with Gasteiger partial charge in [0.25, 0.3) is 17.4 Å². The Kier molecular flexibility index (Phi) is 35.5. The lowest BCUT2D eigenvalue weighted by Gasteiger charge is -2.23. The van der Waals surface area contributed by atoms with Gasteiger partial charge in [0, 0.05) is 146 Å². The van der Waals surface area contributed by atoms with Crippen molar-refractivity contribution in [3.63, 3.8) is 0 Å². The van der Waals surface area contributed by atoms with E-state index in [1.54, 1.807) is 68.3 Å². The first-order chi connectivity index (χ1) is 57.8. The summed E-state index contributed by atoms with van der Waals surface area (Å²) in [5, 5.41) is 50.0. The first-order valence-electron chi connectivity index (χ1n) is 38.0. The number of ketones is 4. The van der Waals surface area contributed by atoms with Gasteiger partial charge in [-0.3, -0.25) is 72.3 Å². The lowest BCUT2D eigenvalue weighted by Crippen LogP contribution is -2.47. The summed E-state index contributed by atoms with van der Waals surface area (Å²) < 4.78 is 0. The molecule has 5 aromatic carbocycles. The van der Waals surface area contributed by atoms with E-state index in [1.807, 2.05) is 60.7 Å². The third-order valence-corrected chi connectivity index (χ3v) is 19.6. The molecule has 9 aromatic rings. The number of nitrogens with zero attached hydrogens (tertiary/aromatic N) is 6. The Morgan fingerprint density at radius 2 is 1.36 bits per heavy atom. The quantitative estimate of drug-likeness (QED) is 0.00585. The number of rotatable bonds is 39. The number of fused-ring (bicyclic) bond motifs is 6. The van der Waals surface area contributed by atoms with E-state index in [9.17, 15) is 77.6 Å². The Balaban J connectivity index is 0.000000313. The van der Waals surface area contributed by atoms with Gasteiger partial charge < -0.3 is 74.0 Å². The summed E-state index contributed by atoms with van der Waals surface area (Å²) in [5.41, 5.74) is 26.0. The number of benzene rings is 5. The van der Waals surface area contributed by atoms with Gasteiger partial charge in [0.05, 0.1) is 54.2 Å². The number of carboxylic acids is 2. The number of aromatic amines is 3. The maximum absolute atomic E-state index is 13.9. The molecule has 1 unspecified atom stereocenters. The van der Waals surface area contributed by atoms with Gasteiger partial charge in [0.2, 0.25) is 29.6 Å². The molecule has 5 heterocycles. The van der Waals surface area contributed by atoms with Crippen LogP contribution in [0.5, 0.6) is 5.75 Å². The molecule has 39 heteroatoms. The Morgan fingerprint density at radius 1 is 0.719 bits per heavy atom. The summed E-state index contributed by atoms with van der Waals surface area (Å²) in [6.45, 7) is 5.60. The van der Waals surface area contributed by atoms with Crippen molar-refractivity contribution >= 4 is 167 Å². The number of H-pyrrole nitrogens is 3. The van der Waals surface area contributed by atoms with Gasteiger partial charge >= 0.3 is 24.2 Å². The molecule has 0 fully saturated rings. The molecular formula is C82H91ClN18O20. The number of nitrogens with two attached hydrogens (primary N) is 3. The molecule has 1 aliphatic rings. The number of hydrogen-bond donors (Lipinski definition) is 15. The normalized spacial score (nSPS) is 12.9. The number of carboxylic acid groups (broad SMARTS) is 2. The predicted molar refractivity (Wildman–Crippen MR) is 441 cm³/mol. The summed E-state index contributed by atoms with van der Waals surface area (Å²) in [6.07, 6.45) is 1.92. The number of phenolic OH excluding ortho intramolecular Hbond substituents is 1. The van der Waals surface area contributed by atoms with E-state index >= 15 is 0 Å². The van der Waals surface area contributed by atoms with Crippen LogP contribution in [0.2, 0.25) is 0 Å². The number of anilines is 3. The second-order valence-corrected chi connectivity index (χ2v) is 28.3. The fourth-order valence-electron chi connectivity index (χ4n) is 13.0. The number of aliphatic carboxylic acids is 2. The lowest BCUT2D eigenvalue weighted by molar-refractivity contribution is -0.193. The molecule has 0 saturated carbocycles. The molecule has 38 nitrogen and oxygen atoms in total. The SMILES string of the molecule is CC[C@H](CC(=O)[C@H](CC(=O)O)NC(=O)[C@H](CCCN=C(N)N)CC(=O)[C@H](C)NC(=O)CCCNC(=O)c1ccc(NCc2cnc3nc(N)[nH]c(=O)c3n2)cc1)C(=O)O.CNC(=O)CC/C(C)=N/NC(=O)CCC(=O)Cc1ccc2[nH]c(C(=O)Cc3ccc4[nH]c(C(=O)N5CC(CCl)c6c5cc(O)c5ccccc65)cc4c3)cc2c1.O=C=O.O=C=O. The Morgan fingerprint density at radius 3 is 1.99 bits per heavy atom. The molecule has 0 spiro atoms. The summed E-state index contributed by atoms with van der Waals surface area (Å²) >= 11 is 6.38. The molecule has 4 aromatic heterocycles. The van der Waals surface area contributed by atoms with E-state index in [-0.39, 0.29) is 173 Å². The van der Waals surface area contributed by atoms with Crippen LogP contribution in [0.15, 0.2) is 124 Å². The van der Waals surface area contributed by atoms with Crippen molar-refractivity contribution in [1.82, 2.24) is 56.6 Å². The fourth-order valence-corrected chi connectivity index (χ4v) is 13.3. The van der Waals surface area contributed by atoms with Crippen LogP contribution in [0, 0.1) is 11.8 Å². The Hall–Kier alpha value is -14.5. The minimum Gasteiger partial charge on any atom is -0.507 e. The zero-order valence-corrected chi connectivity index (χ0v) is 67.0. The summed E-state index contributed by atoms with van der Waals surface area (Å²) in [6, 6.07) is 27.9. The highest BCUT2D eigenvalue weighted by Crippen LogP contribution is 2.46. The van der Waals surface area contributed by atoms with Crippen LogP contribution in [-0.4, -0.2) is 184 Å². The summed E-state index contributed by atoms with van der Waals surface area (Å²) in [4.78, 5) is 223. The molecule has 0 radical (unpaired) electrons. The molecule has 18 N–H and O–H groups in total. The first kappa shape index (κ1) is 93.6. The van der Waals surface area contributed by atoms with E-state index in [0.717, 1.165) is 49.3 Å².